The Morgan fingerprint density at radius 3 is 2.89 bits per heavy atom. The molecule has 2 aromatic heterocycles. The molecule has 2 N–H and O–H groups in total. The number of hydrogen-bond donors (Lipinski definition) is 2. The smallest absolute Gasteiger partial charge is 0.270 e. The van der Waals surface area contributed by atoms with Gasteiger partial charge in [-0.15, -0.1) is 5.10 Å². The molecule has 0 radical (unpaired) electrons. The molecule has 8 nitrogen and oxygen atoms in total. The molecule has 0 aliphatic rings. The van der Waals surface area contributed by atoms with Crippen molar-refractivity contribution in [3.8, 4) is 0 Å². The van der Waals surface area contributed by atoms with Crippen molar-refractivity contribution in [2.75, 3.05) is 17.7 Å². The molecule has 0 saturated carbocycles. The first-order valence-corrected chi connectivity index (χ1v) is 4.99. The summed E-state index contributed by atoms with van der Waals surface area (Å²) in [6.07, 6.45) is 1.33. The fourth-order valence-electron chi connectivity index (χ4n) is 1.30. The zero-order chi connectivity index (χ0) is 13.1. The van der Waals surface area contributed by atoms with Crippen molar-refractivity contribution in [1.82, 2.24) is 25.2 Å². The Morgan fingerprint density at radius 1 is 1.50 bits per heavy atom. The molecule has 0 fully saturated rings. The number of nitrogens with one attached hydrogen (secondary N) is 2. The Balaban J connectivity index is 2.24. The van der Waals surface area contributed by atoms with E-state index in [1.54, 1.807) is 7.05 Å². The highest BCUT2D eigenvalue weighted by atomic mass is 19.1. The van der Waals surface area contributed by atoms with Crippen LogP contribution in [0.4, 0.5) is 16.2 Å². The van der Waals surface area contributed by atoms with E-state index in [9.17, 15) is 9.18 Å². The second-order valence-electron chi connectivity index (χ2n) is 3.33. The molecule has 0 aliphatic heterocycles. The van der Waals surface area contributed by atoms with Crippen molar-refractivity contribution in [3.05, 3.63) is 23.6 Å². The molecule has 0 bridgehead atoms. The van der Waals surface area contributed by atoms with Crippen molar-refractivity contribution in [2.45, 2.75) is 0 Å². The van der Waals surface area contributed by atoms with Crippen LogP contribution in [-0.4, -0.2) is 38.1 Å². The Bertz CT molecular complexity index is 582. The van der Waals surface area contributed by atoms with Crippen LogP contribution < -0.4 is 10.6 Å². The molecule has 94 valence electrons. The van der Waals surface area contributed by atoms with E-state index in [0.29, 0.717) is 0 Å². The third-order valence-electron chi connectivity index (χ3n) is 2.10. The van der Waals surface area contributed by atoms with E-state index in [2.05, 4.69) is 31.0 Å². The van der Waals surface area contributed by atoms with Crippen molar-refractivity contribution in [1.29, 1.82) is 0 Å². The summed E-state index contributed by atoms with van der Waals surface area (Å²) in [5.74, 6) is -1.40. The highest BCUT2D eigenvalue weighted by molar-refractivity contribution is 6.03. The topological polar surface area (TPSA) is 97.6 Å². The van der Waals surface area contributed by atoms with Crippen molar-refractivity contribution in [2.24, 2.45) is 7.05 Å². The van der Waals surface area contributed by atoms with E-state index in [0.717, 1.165) is 0 Å². The molecule has 2 aromatic rings. The minimum absolute atomic E-state index is 0.00437. The summed E-state index contributed by atoms with van der Waals surface area (Å²) >= 11 is 0. The van der Waals surface area contributed by atoms with Gasteiger partial charge in [-0.25, -0.2) is 9.37 Å². The second kappa shape index (κ2) is 4.73. The van der Waals surface area contributed by atoms with Gasteiger partial charge in [0, 0.05) is 13.2 Å². The van der Waals surface area contributed by atoms with Crippen LogP contribution >= 0.6 is 0 Å². The maximum absolute atomic E-state index is 13.8. The first-order valence-electron chi connectivity index (χ1n) is 4.99. The summed E-state index contributed by atoms with van der Waals surface area (Å²) in [4.78, 5) is 16.7. The van der Waals surface area contributed by atoms with Crippen molar-refractivity contribution in [3.63, 3.8) is 0 Å². The van der Waals surface area contributed by atoms with Crippen LogP contribution in [0.15, 0.2) is 12.3 Å². The molecule has 0 aliphatic carbocycles. The van der Waals surface area contributed by atoms with Gasteiger partial charge in [-0.1, -0.05) is 5.10 Å². The number of carbonyl (C=O) groups is 1. The van der Waals surface area contributed by atoms with E-state index in [4.69, 9.17) is 0 Å². The van der Waals surface area contributed by atoms with Crippen LogP contribution in [0.5, 0.6) is 0 Å². The summed E-state index contributed by atoms with van der Waals surface area (Å²) in [6, 6.07) is 1.27. The van der Waals surface area contributed by atoms with Crippen LogP contribution in [0.1, 0.15) is 10.4 Å². The Morgan fingerprint density at radius 2 is 2.28 bits per heavy atom. The van der Waals surface area contributed by atoms with Gasteiger partial charge in [0.15, 0.2) is 11.6 Å². The van der Waals surface area contributed by atoms with E-state index in [-0.39, 0.29) is 17.3 Å². The molecular weight excluding hydrogens is 241 g/mol. The fraction of sp³-hybridized carbons (Fsp3) is 0.222. The van der Waals surface area contributed by atoms with Crippen LogP contribution in [0.25, 0.3) is 0 Å². The number of nitrogens with zero attached hydrogens (tertiary/aromatic N) is 5. The number of tetrazole rings is 1. The number of carbonyl (C=O) groups excluding carboxylic acids is 1. The lowest BCUT2D eigenvalue weighted by Crippen LogP contribution is -2.16. The maximum atomic E-state index is 13.8. The minimum atomic E-state index is -0.735. The van der Waals surface area contributed by atoms with Gasteiger partial charge in [-0.3, -0.25) is 10.1 Å². The van der Waals surface area contributed by atoms with Gasteiger partial charge in [0.2, 0.25) is 0 Å². The molecule has 2 heterocycles. The highest BCUT2D eigenvalue weighted by Gasteiger charge is 2.16. The summed E-state index contributed by atoms with van der Waals surface area (Å²) in [7, 11) is 3.06. The Kier molecular flexibility index (Phi) is 3.13. The normalized spacial score (nSPS) is 10.2. The SMILES string of the molecule is CNc1nccc(C(=O)Nc2nnn(C)n2)c1F. The van der Waals surface area contributed by atoms with Gasteiger partial charge in [0.1, 0.15) is 0 Å². The average molecular weight is 251 g/mol. The monoisotopic (exact) mass is 251 g/mol. The summed E-state index contributed by atoms with van der Waals surface area (Å²) in [5, 5.41) is 15.7. The van der Waals surface area contributed by atoms with Crippen LogP contribution in [0.3, 0.4) is 0 Å². The number of halogens is 1. The molecule has 0 spiro atoms. The Labute approximate surface area is 101 Å². The number of amides is 1. The van der Waals surface area contributed by atoms with Gasteiger partial charge in [-0.05, 0) is 11.3 Å². The lowest BCUT2D eigenvalue weighted by molar-refractivity contribution is 0.102. The summed E-state index contributed by atoms with van der Waals surface area (Å²) in [5.41, 5.74) is -0.151. The molecular formula is C9H10FN7O. The quantitative estimate of drug-likeness (QED) is 0.799. The molecule has 0 atom stereocenters. The number of hydrogen-bond acceptors (Lipinski definition) is 6. The van der Waals surface area contributed by atoms with Crippen molar-refractivity contribution < 1.29 is 9.18 Å². The molecule has 0 unspecified atom stereocenters. The predicted molar refractivity (Wildman–Crippen MR) is 60.5 cm³/mol. The number of rotatable bonds is 3. The van der Waals surface area contributed by atoms with E-state index in [1.807, 2.05) is 0 Å². The zero-order valence-electron chi connectivity index (χ0n) is 9.68. The number of anilines is 2. The van der Waals surface area contributed by atoms with Crippen LogP contribution in [-0.2, 0) is 7.05 Å². The molecule has 9 heteroatoms. The maximum Gasteiger partial charge on any atom is 0.270 e. The lowest BCUT2D eigenvalue weighted by atomic mass is 10.2. The summed E-state index contributed by atoms with van der Waals surface area (Å²) < 4.78 is 13.8. The zero-order valence-corrected chi connectivity index (χ0v) is 9.68. The molecule has 0 aromatic carbocycles. The van der Waals surface area contributed by atoms with Gasteiger partial charge < -0.3 is 5.32 Å². The van der Waals surface area contributed by atoms with Crippen molar-refractivity contribution >= 4 is 17.7 Å². The first-order chi connectivity index (χ1) is 8.61. The van der Waals surface area contributed by atoms with Crippen LogP contribution in [0, 0.1) is 5.82 Å². The highest BCUT2D eigenvalue weighted by Crippen LogP contribution is 2.15. The molecule has 2 rings (SSSR count). The first kappa shape index (κ1) is 11.9. The Hall–Kier alpha value is -2.58. The predicted octanol–water partition coefficient (Wildman–Crippen LogP) is 0.0382. The number of aryl methyl sites for hydroxylation is 1. The fourth-order valence-corrected chi connectivity index (χ4v) is 1.30. The lowest BCUT2D eigenvalue weighted by Gasteiger charge is -2.05. The second-order valence-corrected chi connectivity index (χ2v) is 3.33. The number of aromatic nitrogens is 5. The molecule has 18 heavy (non-hydrogen) atoms. The summed E-state index contributed by atoms with van der Waals surface area (Å²) in [6.45, 7) is 0. The molecule has 0 saturated heterocycles. The third-order valence-corrected chi connectivity index (χ3v) is 2.10. The average Bonchev–Trinajstić information content (AvgIpc) is 2.75. The standard InChI is InChI=1S/C9H10FN7O/c1-11-7-6(10)5(3-4-12-7)8(18)13-9-14-16-17(2)15-9/h3-4H,1-2H3,(H,11,12)(H,13,15,18). The van der Waals surface area contributed by atoms with Gasteiger partial charge in [0.25, 0.3) is 11.9 Å². The van der Waals surface area contributed by atoms with Gasteiger partial charge in [0.05, 0.1) is 12.6 Å². The minimum Gasteiger partial charge on any atom is -0.371 e. The molecule has 1 amide bonds. The van der Waals surface area contributed by atoms with Crippen LogP contribution in [0.2, 0.25) is 0 Å². The van der Waals surface area contributed by atoms with E-state index < -0.39 is 11.7 Å². The largest absolute Gasteiger partial charge is 0.371 e. The third kappa shape index (κ3) is 2.24. The van der Waals surface area contributed by atoms with Gasteiger partial charge in [-0.2, -0.15) is 4.80 Å². The van der Waals surface area contributed by atoms with E-state index >= 15 is 0 Å². The van der Waals surface area contributed by atoms with E-state index in [1.165, 1.54) is 24.1 Å². The number of pyridine rings is 1. The van der Waals surface area contributed by atoms with Gasteiger partial charge >= 0.3 is 0 Å².